The van der Waals surface area contributed by atoms with Crippen LogP contribution in [0.2, 0.25) is 0 Å². The van der Waals surface area contributed by atoms with Crippen molar-refractivity contribution in [3.8, 4) is 5.75 Å². The van der Waals surface area contributed by atoms with Crippen LogP contribution in [-0.4, -0.2) is 23.1 Å². The first-order valence-electron chi connectivity index (χ1n) is 6.98. The Kier molecular flexibility index (Phi) is 4.02. The Hall–Kier alpha value is -1.36. The van der Waals surface area contributed by atoms with Gasteiger partial charge in [-0.1, -0.05) is 46.3 Å². The summed E-state index contributed by atoms with van der Waals surface area (Å²) >= 11 is 3.45. The van der Waals surface area contributed by atoms with Gasteiger partial charge in [0.05, 0.1) is 0 Å². The number of halogens is 1. The number of hydrogen-bond donors (Lipinski definition) is 1. The Morgan fingerprint density at radius 1 is 1.14 bits per heavy atom. The molecule has 3 atom stereocenters. The minimum absolute atomic E-state index is 0.000387. The first-order chi connectivity index (χ1) is 10.1. The predicted molar refractivity (Wildman–Crippen MR) is 86.0 cm³/mol. The summed E-state index contributed by atoms with van der Waals surface area (Å²) in [5, 5.41) is 10.1. The molecule has 1 aliphatic heterocycles. The van der Waals surface area contributed by atoms with Gasteiger partial charge in [-0.3, -0.25) is 4.90 Å². The van der Waals surface area contributed by atoms with Crippen LogP contribution in [0.3, 0.4) is 0 Å². The third-order valence-electron chi connectivity index (χ3n) is 4.11. The fourth-order valence-corrected chi connectivity index (χ4v) is 3.17. The average Bonchev–Trinajstić information content (AvgIpc) is 2.79. The molecule has 1 unspecified atom stereocenters. The molecule has 3 nitrogen and oxygen atoms in total. The predicted octanol–water partition coefficient (Wildman–Crippen LogP) is 4.25. The third-order valence-corrected chi connectivity index (χ3v) is 4.60. The smallest absolute Gasteiger partial charge is 0.141 e. The largest absolute Gasteiger partial charge is 0.508 e. The highest BCUT2D eigenvalue weighted by Crippen LogP contribution is 2.43. The van der Waals surface area contributed by atoms with Crippen LogP contribution in [0.1, 0.15) is 30.4 Å². The van der Waals surface area contributed by atoms with Crippen molar-refractivity contribution >= 4 is 15.9 Å². The van der Waals surface area contributed by atoms with E-state index in [4.69, 9.17) is 4.74 Å². The van der Waals surface area contributed by atoms with Gasteiger partial charge < -0.3 is 9.84 Å². The summed E-state index contributed by atoms with van der Waals surface area (Å²) in [7, 11) is 2.03. The SMILES string of the molecule is CC1[C@@H](c2ccccc2)O[C@@H](c2cc(Br)ccc2O)N1C. The molecule has 21 heavy (non-hydrogen) atoms. The normalized spacial score (nSPS) is 26.1. The molecule has 1 saturated heterocycles. The summed E-state index contributed by atoms with van der Waals surface area (Å²) in [6.07, 6.45) is -0.248. The number of hydrogen-bond acceptors (Lipinski definition) is 3. The molecule has 1 aliphatic rings. The van der Waals surface area contributed by atoms with E-state index in [0.29, 0.717) is 0 Å². The molecule has 0 radical (unpaired) electrons. The number of phenolic OH excluding ortho intramolecular Hbond substituents is 1. The number of ether oxygens (including phenoxy) is 1. The van der Waals surface area contributed by atoms with Gasteiger partial charge in [0.25, 0.3) is 0 Å². The molecule has 3 rings (SSSR count). The van der Waals surface area contributed by atoms with E-state index in [1.54, 1.807) is 6.07 Å². The second kappa shape index (κ2) is 5.79. The van der Waals surface area contributed by atoms with Gasteiger partial charge in [0.15, 0.2) is 0 Å². The van der Waals surface area contributed by atoms with Crippen molar-refractivity contribution in [1.82, 2.24) is 4.90 Å². The minimum Gasteiger partial charge on any atom is -0.508 e. The van der Waals surface area contributed by atoms with E-state index in [0.717, 1.165) is 15.6 Å². The lowest BCUT2D eigenvalue weighted by Gasteiger charge is -2.22. The zero-order valence-corrected chi connectivity index (χ0v) is 13.6. The summed E-state index contributed by atoms with van der Waals surface area (Å²) in [6.45, 7) is 2.15. The summed E-state index contributed by atoms with van der Waals surface area (Å²) in [5.41, 5.74) is 1.95. The van der Waals surface area contributed by atoms with Crippen LogP contribution in [0.15, 0.2) is 53.0 Å². The van der Waals surface area contributed by atoms with Crippen molar-refractivity contribution in [2.45, 2.75) is 25.3 Å². The van der Waals surface area contributed by atoms with Gasteiger partial charge in [-0.05, 0) is 37.7 Å². The van der Waals surface area contributed by atoms with Crippen LogP contribution in [-0.2, 0) is 4.74 Å². The van der Waals surface area contributed by atoms with Crippen molar-refractivity contribution < 1.29 is 9.84 Å². The molecule has 4 heteroatoms. The standard InChI is InChI=1S/C17H18BrNO2/c1-11-16(12-6-4-3-5-7-12)21-17(19(11)2)14-10-13(18)8-9-15(14)20/h3-11,16-17,20H,1-2H3/t11?,16-,17-/m0/s1. The quantitative estimate of drug-likeness (QED) is 0.881. The molecule has 2 aromatic rings. The lowest BCUT2D eigenvalue weighted by molar-refractivity contribution is 0.00414. The zero-order chi connectivity index (χ0) is 15.0. The maximum Gasteiger partial charge on any atom is 0.141 e. The molecule has 0 aliphatic carbocycles. The Morgan fingerprint density at radius 3 is 2.57 bits per heavy atom. The summed E-state index contributed by atoms with van der Waals surface area (Å²) < 4.78 is 7.17. The highest BCUT2D eigenvalue weighted by atomic mass is 79.9. The number of aromatic hydroxyl groups is 1. The topological polar surface area (TPSA) is 32.7 Å². The van der Waals surface area contributed by atoms with Crippen molar-refractivity contribution in [2.24, 2.45) is 0 Å². The molecule has 1 N–H and O–H groups in total. The molecule has 0 amide bonds. The number of benzene rings is 2. The molecule has 0 aromatic heterocycles. The lowest BCUT2D eigenvalue weighted by atomic mass is 10.0. The monoisotopic (exact) mass is 347 g/mol. The van der Waals surface area contributed by atoms with Gasteiger partial charge in [-0.2, -0.15) is 0 Å². The van der Waals surface area contributed by atoms with Gasteiger partial charge in [0.1, 0.15) is 18.1 Å². The van der Waals surface area contributed by atoms with E-state index in [1.165, 1.54) is 0 Å². The second-order valence-corrected chi connectivity index (χ2v) is 6.34. The van der Waals surface area contributed by atoms with Crippen LogP contribution in [0.25, 0.3) is 0 Å². The first kappa shape index (κ1) is 14.6. The van der Waals surface area contributed by atoms with Gasteiger partial charge in [-0.25, -0.2) is 0 Å². The van der Waals surface area contributed by atoms with Crippen molar-refractivity contribution in [2.75, 3.05) is 7.05 Å². The van der Waals surface area contributed by atoms with Crippen molar-refractivity contribution in [1.29, 1.82) is 0 Å². The van der Waals surface area contributed by atoms with Gasteiger partial charge in [0.2, 0.25) is 0 Å². The molecule has 110 valence electrons. The van der Waals surface area contributed by atoms with Gasteiger partial charge in [0, 0.05) is 16.1 Å². The maximum atomic E-state index is 10.1. The van der Waals surface area contributed by atoms with Crippen molar-refractivity contribution in [3.05, 3.63) is 64.1 Å². The van der Waals surface area contributed by atoms with E-state index in [-0.39, 0.29) is 24.1 Å². The summed E-state index contributed by atoms with van der Waals surface area (Å²) in [5.74, 6) is 0.260. The number of nitrogens with zero attached hydrogens (tertiary/aromatic N) is 1. The van der Waals surface area contributed by atoms with E-state index < -0.39 is 0 Å². The molecule has 2 aromatic carbocycles. The van der Waals surface area contributed by atoms with E-state index in [9.17, 15) is 5.11 Å². The second-order valence-electron chi connectivity index (χ2n) is 5.43. The van der Waals surface area contributed by atoms with Gasteiger partial charge in [-0.15, -0.1) is 0 Å². The van der Waals surface area contributed by atoms with E-state index >= 15 is 0 Å². The van der Waals surface area contributed by atoms with Crippen LogP contribution in [0.5, 0.6) is 5.75 Å². The Morgan fingerprint density at radius 2 is 1.86 bits per heavy atom. The fraction of sp³-hybridized carbons (Fsp3) is 0.294. The van der Waals surface area contributed by atoms with E-state index in [1.807, 2.05) is 37.4 Å². The van der Waals surface area contributed by atoms with Crippen LogP contribution in [0.4, 0.5) is 0 Å². The first-order valence-corrected chi connectivity index (χ1v) is 7.78. The fourth-order valence-electron chi connectivity index (χ4n) is 2.79. The molecule has 0 spiro atoms. The summed E-state index contributed by atoms with van der Waals surface area (Å²) in [6, 6.07) is 15.9. The molecule has 1 heterocycles. The molecule has 1 fully saturated rings. The number of likely N-dealkylation sites (N-methyl/N-ethyl adjacent to an activating group) is 1. The number of rotatable bonds is 2. The maximum absolute atomic E-state index is 10.1. The number of phenols is 1. The average molecular weight is 348 g/mol. The van der Waals surface area contributed by atoms with Crippen molar-refractivity contribution in [3.63, 3.8) is 0 Å². The van der Waals surface area contributed by atoms with Crippen LogP contribution in [0, 0.1) is 0 Å². The van der Waals surface area contributed by atoms with Crippen LogP contribution >= 0.6 is 15.9 Å². The minimum atomic E-state index is -0.247. The zero-order valence-electron chi connectivity index (χ0n) is 12.0. The van der Waals surface area contributed by atoms with Gasteiger partial charge >= 0.3 is 0 Å². The van der Waals surface area contributed by atoms with E-state index in [2.05, 4.69) is 39.9 Å². The molecular formula is C17H18BrNO2. The molecule has 0 bridgehead atoms. The highest BCUT2D eigenvalue weighted by molar-refractivity contribution is 9.10. The third kappa shape index (κ3) is 2.71. The Bertz CT molecular complexity index is 632. The molecule has 0 saturated carbocycles. The lowest BCUT2D eigenvalue weighted by Crippen LogP contribution is -2.27. The summed E-state index contributed by atoms with van der Waals surface area (Å²) in [4.78, 5) is 2.15. The highest BCUT2D eigenvalue weighted by Gasteiger charge is 2.39. The Balaban J connectivity index is 1.94. The van der Waals surface area contributed by atoms with Crippen LogP contribution < -0.4 is 0 Å². The molecular weight excluding hydrogens is 330 g/mol. The Labute approximate surface area is 133 Å².